The third-order valence-corrected chi connectivity index (χ3v) is 3.84. The lowest BCUT2D eigenvalue weighted by molar-refractivity contribution is -0.113. The third kappa shape index (κ3) is 4.71. The maximum absolute atomic E-state index is 11.9. The Morgan fingerprint density at radius 1 is 1.29 bits per heavy atom. The number of aromatic nitrogens is 1. The van der Waals surface area contributed by atoms with Gasteiger partial charge in [-0.25, -0.2) is 4.98 Å². The highest BCUT2D eigenvalue weighted by atomic mass is 35.6. The molecule has 0 bridgehead atoms. The molecule has 1 heterocycles. The molecule has 3 nitrogen and oxygen atoms in total. The van der Waals surface area contributed by atoms with Crippen LogP contribution in [0.5, 0.6) is 0 Å². The van der Waals surface area contributed by atoms with Crippen LogP contribution in [0.25, 0.3) is 5.70 Å². The lowest BCUT2D eigenvalue weighted by Gasteiger charge is -2.11. The van der Waals surface area contributed by atoms with Gasteiger partial charge in [0.1, 0.15) is 0 Å². The summed E-state index contributed by atoms with van der Waals surface area (Å²) in [6, 6.07) is 7.64. The molecule has 0 fully saturated rings. The first-order chi connectivity index (χ1) is 9.86. The monoisotopic (exact) mass is 360 g/mol. The summed E-state index contributed by atoms with van der Waals surface area (Å²) in [6.07, 6.45) is 2.94. The molecule has 0 amide bonds. The van der Waals surface area contributed by atoms with E-state index in [0.717, 1.165) is 11.1 Å². The van der Waals surface area contributed by atoms with Gasteiger partial charge in [0.05, 0.1) is 5.70 Å². The number of allylic oxidation sites excluding steroid dienone is 1. The summed E-state index contributed by atoms with van der Waals surface area (Å²) in [5.74, 6) is -0.618. The maximum atomic E-state index is 11.9. The molecule has 2 rings (SSSR count). The molecular formula is C14H11Cl3N2OS. The number of hydrogen-bond donors (Lipinski definition) is 1. The minimum Gasteiger partial charge on any atom is -0.331 e. The average molecular weight is 362 g/mol. The summed E-state index contributed by atoms with van der Waals surface area (Å²) in [6.45, 7) is 1.98. The third-order valence-electron chi connectivity index (χ3n) is 2.59. The van der Waals surface area contributed by atoms with Gasteiger partial charge in [0.25, 0.3) is 3.79 Å². The Labute approximate surface area is 141 Å². The van der Waals surface area contributed by atoms with Crippen LogP contribution in [0, 0.1) is 6.92 Å². The number of rotatable bonds is 4. The molecule has 21 heavy (non-hydrogen) atoms. The average Bonchev–Trinajstić information content (AvgIpc) is 2.90. The van der Waals surface area contributed by atoms with E-state index in [1.165, 1.54) is 17.4 Å². The van der Waals surface area contributed by atoms with Gasteiger partial charge in [-0.1, -0.05) is 64.6 Å². The highest BCUT2D eigenvalue weighted by molar-refractivity contribution is 7.13. The Hall–Kier alpha value is -1.07. The lowest BCUT2D eigenvalue weighted by Crippen LogP contribution is -2.17. The number of benzene rings is 1. The molecule has 0 spiro atoms. The number of alkyl halides is 3. The van der Waals surface area contributed by atoms with Gasteiger partial charge in [0.2, 0.25) is 5.78 Å². The van der Waals surface area contributed by atoms with Crippen LogP contribution in [0.2, 0.25) is 0 Å². The molecule has 1 N–H and O–H groups in total. The van der Waals surface area contributed by atoms with Crippen molar-refractivity contribution in [1.29, 1.82) is 0 Å². The first-order valence-corrected chi connectivity index (χ1v) is 7.94. The zero-order valence-electron chi connectivity index (χ0n) is 10.9. The van der Waals surface area contributed by atoms with E-state index in [1.807, 2.05) is 36.6 Å². The predicted octanol–water partition coefficient (Wildman–Crippen LogP) is 4.84. The fourth-order valence-corrected chi connectivity index (χ4v) is 2.24. The summed E-state index contributed by atoms with van der Waals surface area (Å²) < 4.78 is -1.99. The summed E-state index contributed by atoms with van der Waals surface area (Å²) in [5.41, 5.74) is 2.44. The van der Waals surface area contributed by atoms with Crippen molar-refractivity contribution in [2.24, 2.45) is 0 Å². The minimum absolute atomic E-state index is 0.529. The Kier molecular flexibility index (Phi) is 5.27. The van der Waals surface area contributed by atoms with Gasteiger partial charge in [-0.3, -0.25) is 4.79 Å². The van der Waals surface area contributed by atoms with Crippen LogP contribution in [-0.2, 0) is 4.79 Å². The number of carbonyl (C=O) groups is 1. The Balaban J connectivity index is 2.36. The van der Waals surface area contributed by atoms with Crippen molar-refractivity contribution in [2.75, 3.05) is 5.32 Å². The number of carbonyl (C=O) groups excluding carboxylic acids is 1. The van der Waals surface area contributed by atoms with E-state index >= 15 is 0 Å². The molecule has 0 aliphatic heterocycles. The first kappa shape index (κ1) is 16.3. The van der Waals surface area contributed by atoms with Gasteiger partial charge in [-0.2, -0.15) is 0 Å². The second-order valence-electron chi connectivity index (χ2n) is 4.25. The summed E-state index contributed by atoms with van der Waals surface area (Å²) in [7, 11) is 0. The summed E-state index contributed by atoms with van der Waals surface area (Å²) >= 11 is 18.3. The zero-order chi connectivity index (χ0) is 15.5. The zero-order valence-corrected chi connectivity index (χ0v) is 14.0. The number of aryl methyl sites for hydroxylation is 1. The number of nitrogens with zero attached hydrogens (tertiary/aromatic N) is 1. The molecule has 0 unspecified atom stereocenters. The van der Waals surface area contributed by atoms with E-state index in [2.05, 4.69) is 10.3 Å². The number of ketones is 1. The fraction of sp³-hybridized carbons (Fsp3) is 0.143. The van der Waals surface area contributed by atoms with Crippen molar-refractivity contribution >= 4 is 62.8 Å². The Morgan fingerprint density at radius 3 is 2.48 bits per heavy atom. The van der Waals surface area contributed by atoms with Crippen molar-refractivity contribution in [3.63, 3.8) is 0 Å². The van der Waals surface area contributed by atoms with Crippen molar-refractivity contribution < 1.29 is 4.79 Å². The highest BCUT2D eigenvalue weighted by Gasteiger charge is 2.29. The van der Waals surface area contributed by atoms with Gasteiger partial charge >= 0.3 is 0 Å². The SMILES string of the molecule is Cc1ccc(/C(=C/C(=O)C(Cl)(Cl)Cl)Nc2nccs2)cc1. The molecule has 2 aromatic rings. The highest BCUT2D eigenvalue weighted by Crippen LogP contribution is 2.29. The van der Waals surface area contributed by atoms with Gasteiger partial charge in [0.15, 0.2) is 5.13 Å². The van der Waals surface area contributed by atoms with Crippen LogP contribution < -0.4 is 5.32 Å². The first-order valence-electron chi connectivity index (χ1n) is 5.92. The van der Waals surface area contributed by atoms with E-state index in [9.17, 15) is 4.79 Å². The van der Waals surface area contributed by atoms with Gasteiger partial charge in [-0.05, 0) is 12.5 Å². The van der Waals surface area contributed by atoms with E-state index in [0.29, 0.717) is 10.8 Å². The summed E-state index contributed by atoms with van der Waals surface area (Å²) in [4.78, 5) is 16.0. The van der Waals surface area contributed by atoms with Crippen molar-refractivity contribution in [1.82, 2.24) is 4.98 Å². The number of thiazole rings is 1. The second kappa shape index (κ2) is 6.79. The smallest absolute Gasteiger partial charge is 0.252 e. The van der Waals surface area contributed by atoms with Gasteiger partial charge < -0.3 is 5.32 Å². The molecule has 0 aliphatic rings. The van der Waals surface area contributed by atoms with Crippen molar-refractivity contribution in [3.8, 4) is 0 Å². The van der Waals surface area contributed by atoms with Crippen LogP contribution in [-0.4, -0.2) is 14.6 Å². The molecule has 0 radical (unpaired) electrons. The molecule has 0 atom stereocenters. The topological polar surface area (TPSA) is 42.0 Å². The largest absolute Gasteiger partial charge is 0.331 e. The van der Waals surface area contributed by atoms with Crippen LogP contribution in [0.4, 0.5) is 5.13 Å². The quantitative estimate of drug-likeness (QED) is 0.625. The molecule has 0 saturated heterocycles. The van der Waals surface area contributed by atoms with Crippen LogP contribution >= 0.6 is 46.1 Å². The van der Waals surface area contributed by atoms with Gasteiger partial charge in [0, 0.05) is 17.7 Å². The van der Waals surface area contributed by atoms with Crippen LogP contribution in [0.1, 0.15) is 11.1 Å². The van der Waals surface area contributed by atoms with E-state index in [-0.39, 0.29) is 0 Å². The fourth-order valence-electron chi connectivity index (χ4n) is 1.54. The normalized spacial score (nSPS) is 12.3. The molecule has 0 aliphatic carbocycles. The Morgan fingerprint density at radius 2 is 1.95 bits per heavy atom. The molecule has 1 aromatic carbocycles. The lowest BCUT2D eigenvalue weighted by atomic mass is 10.1. The number of anilines is 1. The Bertz CT molecular complexity index is 646. The predicted molar refractivity (Wildman–Crippen MR) is 90.2 cm³/mol. The maximum Gasteiger partial charge on any atom is 0.252 e. The second-order valence-corrected chi connectivity index (χ2v) is 7.42. The minimum atomic E-state index is -1.99. The molecule has 110 valence electrons. The summed E-state index contributed by atoms with van der Waals surface area (Å²) in [5, 5.41) is 5.55. The number of halogens is 3. The molecule has 0 saturated carbocycles. The van der Waals surface area contributed by atoms with E-state index < -0.39 is 9.58 Å². The van der Waals surface area contributed by atoms with Crippen LogP contribution in [0.15, 0.2) is 41.9 Å². The molecular weight excluding hydrogens is 351 g/mol. The number of hydrogen-bond acceptors (Lipinski definition) is 4. The number of nitrogens with one attached hydrogen (secondary N) is 1. The van der Waals surface area contributed by atoms with Crippen molar-refractivity contribution in [3.05, 3.63) is 53.0 Å². The van der Waals surface area contributed by atoms with Crippen molar-refractivity contribution in [2.45, 2.75) is 10.7 Å². The molecule has 7 heteroatoms. The van der Waals surface area contributed by atoms with Gasteiger partial charge in [-0.15, -0.1) is 11.3 Å². The van der Waals surface area contributed by atoms with E-state index in [1.54, 1.807) is 6.20 Å². The van der Waals surface area contributed by atoms with E-state index in [4.69, 9.17) is 34.8 Å². The molecule has 1 aromatic heterocycles. The van der Waals surface area contributed by atoms with Crippen LogP contribution in [0.3, 0.4) is 0 Å². The standard InChI is InChI=1S/C14H11Cl3N2OS/c1-9-2-4-10(5-3-9)11(8-12(20)14(15,16)17)19-13-18-6-7-21-13/h2-8H,1H3,(H,18,19)/b11-8-.